The summed E-state index contributed by atoms with van der Waals surface area (Å²) in [5.74, 6) is -1.14. The van der Waals surface area contributed by atoms with Crippen molar-refractivity contribution in [1.29, 1.82) is 0 Å². The Morgan fingerprint density at radius 2 is 1.85 bits per heavy atom. The van der Waals surface area contributed by atoms with Crippen molar-refractivity contribution in [3.63, 3.8) is 0 Å². The van der Waals surface area contributed by atoms with Crippen molar-refractivity contribution in [2.75, 3.05) is 6.54 Å². The van der Waals surface area contributed by atoms with Gasteiger partial charge in [-0.15, -0.1) is 0 Å². The molecule has 0 aliphatic carbocycles. The summed E-state index contributed by atoms with van der Waals surface area (Å²) in [4.78, 5) is 0. The largest absolute Gasteiger partial charge is 0.327 e. The van der Waals surface area contributed by atoms with Gasteiger partial charge < -0.3 is 5.73 Å². The third-order valence-electron chi connectivity index (χ3n) is 1.74. The molecule has 70 valence electrons. The molecule has 0 radical (unpaired) electrons. The first kappa shape index (κ1) is 9.86. The van der Waals surface area contributed by atoms with Gasteiger partial charge in [0, 0.05) is 12.6 Å². The predicted octanol–water partition coefficient (Wildman–Crippen LogP) is 2.33. The van der Waals surface area contributed by atoms with Crippen molar-refractivity contribution >= 4 is 5.57 Å². The first-order valence-corrected chi connectivity index (χ1v) is 3.97. The topological polar surface area (TPSA) is 26.0 Å². The van der Waals surface area contributed by atoms with Crippen LogP contribution in [0.5, 0.6) is 0 Å². The van der Waals surface area contributed by atoms with Gasteiger partial charge in [0.2, 0.25) is 0 Å². The van der Waals surface area contributed by atoms with Crippen molar-refractivity contribution in [1.82, 2.24) is 0 Å². The van der Waals surface area contributed by atoms with E-state index in [1.54, 1.807) is 13.0 Å². The van der Waals surface area contributed by atoms with Crippen LogP contribution in [0.1, 0.15) is 12.5 Å². The molecule has 3 heteroatoms. The smallest absolute Gasteiger partial charge is 0.126 e. The maximum atomic E-state index is 12.7. The van der Waals surface area contributed by atoms with E-state index in [9.17, 15) is 8.78 Å². The highest BCUT2D eigenvalue weighted by atomic mass is 19.1. The van der Waals surface area contributed by atoms with Gasteiger partial charge in [-0.3, -0.25) is 0 Å². The van der Waals surface area contributed by atoms with Gasteiger partial charge in [-0.1, -0.05) is 6.08 Å². The first-order valence-electron chi connectivity index (χ1n) is 3.97. The van der Waals surface area contributed by atoms with Crippen molar-refractivity contribution in [2.45, 2.75) is 6.92 Å². The van der Waals surface area contributed by atoms with E-state index in [-0.39, 0.29) is 0 Å². The Balaban J connectivity index is 3.08. The average molecular weight is 183 g/mol. The van der Waals surface area contributed by atoms with Crippen LogP contribution in [0.15, 0.2) is 24.3 Å². The zero-order chi connectivity index (χ0) is 9.84. The Labute approximate surface area is 75.9 Å². The Kier molecular flexibility index (Phi) is 3.14. The lowest BCUT2D eigenvalue weighted by molar-refractivity contribution is 0.582. The molecule has 0 saturated heterocycles. The summed E-state index contributed by atoms with van der Waals surface area (Å²) in [6, 6.07) is 3.41. The third-order valence-corrected chi connectivity index (χ3v) is 1.74. The molecule has 0 heterocycles. The number of rotatable bonds is 2. The molecule has 0 atom stereocenters. The normalized spacial score (nSPS) is 11.8. The first-order chi connectivity index (χ1) is 6.13. The fourth-order valence-corrected chi connectivity index (χ4v) is 1.08. The van der Waals surface area contributed by atoms with Crippen molar-refractivity contribution in [2.24, 2.45) is 5.73 Å². The van der Waals surface area contributed by atoms with Crippen LogP contribution in [0.3, 0.4) is 0 Å². The van der Waals surface area contributed by atoms with E-state index in [0.717, 1.165) is 11.6 Å². The van der Waals surface area contributed by atoms with E-state index >= 15 is 0 Å². The summed E-state index contributed by atoms with van der Waals surface area (Å²) in [7, 11) is 0. The van der Waals surface area contributed by atoms with Crippen LogP contribution in [-0.2, 0) is 0 Å². The summed E-state index contributed by atoms with van der Waals surface area (Å²) in [5.41, 5.74) is 6.59. The Hall–Kier alpha value is -1.22. The van der Waals surface area contributed by atoms with E-state index in [1.807, 2.05) is 0 Å². The highest BCUT2D eigenvalue weighted by molar-refractivity contribution is 5.63. The average Bonchev–Trinajstić information content (AvgIpc) is 2.03. The second-order valence-electron chi connectivity index (χ2n) is 2.78. The number of hydrogen-bond donors (Lipinski definition) is 1. The molecule has 0 spiro atoms. The SMILES string of the molecule is CC(=CCN)c1cc(F)cc(F)c1. The van der Waals surface area contributed by atoms with Gasteiger partial charge >= 0.3 is 0 Å². The predicted molar refractivity (Wildman–Crippen MR) is 49.1 cm³/mol. The summed E-state index contributed by atoms with van der Waals surface area (Å²) in [6.45, 7) is 2.13. The van der Waals surface area contributed by atoms with Gasteiger partial charge in [-0.05, 0) is 30.2 Å². The Bertz CT molecular complexity index is 311. The minimum atomic E-state index is -0.570. The van der Waals surface area contributed by atoms with Crippen LogP contribution >= 0.6 is 0 Å². The lowest BCUT2D eigenvalue weighted by Crippen LogP contribution is -1.95. The van der Waals surface area contributed by atoms with Gasteiger partial charge in [0.1, 0.15) is 11.6 Å². The van der Waals surface area contributed by atoms with Crippen molar-refractivity contribution < 1.29 is 8.78 Å². The summed E-state index contributed by atoms with van der Waals surface area (Å²) < 4.78 is 25.5. The van der Waals surface area contributed by atoms with Gasteiger partial charge in [0.15, 0.2) is 0 Å². The molecule has 1 rings (SSSR count). The molecule has 0 fully saturated rings. The molecule has 0 amide bonds. The van der Waals surface area contributed by atoms with E-state index < -0.39 is 11.6 Å². The van der Waals surface area contributed by atoms with Gasteiger partial charge in [0.05, 0.1) is 0 Å². The number of benzene rings is 1. The minimum Gasteiger partial charge on any atom is -0.327 e. The third kappa shape index (κ3) is 2.63. The van der Waals surface area contributed by atoms with Crippen LogP contribution in [0, 0.1) is 11.6 Å². The zero-order valence-electron chi connectivity index (χ0n) is 7.35. The number of nitrogens with two attached hydrogens (primary N) is 1. The van der Waals surface area contributed by atoms with Gasteiger partial charge in [0.25, 0.3) is 0 Å². The maximum Gasteiger partial charge on any atom is 0.126 e. The van der Waals surface area contributed by atoms with Crippen molar-refractivity contribution in [3.8, 4) is 0 Å². The molecule has 0 unspecified atom stereocenters. The highest BCUT2D eigenvalue weighted by Crippen LogP contribution is 2.16. The summed E-state index contributed by atoms with van der Waals surface area (Å²) in [5, 5.41) is 0. The van der Waals surface area contributed by atoms with E-state index in [0.29, 0.717) is 12.1 Å². The molecule has 13 heavy (non-hydrogen) atoms. The number of allylic oxidation sites excluding steroid dienone is 1. The molecule has 1 aromatic carbocycles. The summed E-state index contributed by atoms with van der Waals surface area (Å²) >= 11 is 0. The number of halogens is 2. The molecule has 0 aromatic heterocycles. The molecule has 1 aromatic rings. The molecule has 2 N–H and O–H groups in total. The number of hydrogen-bond acceptors (Lipinski definition) is 1. The lowest BCUT2D eigenvalue weighted by Gasteiger charge is -2.01. The highest BCUT2D eigenvalue weighted by Gasteiger charge is 2.01. The molecular weight excluding hydrogens is 172 g/mol. The van der Waals surface area contributed by atoms with Gasteiger partial charge in [-0.25, -0.2) is 8.78 Å². The molecule has 0 bridgehead atoms. The Morgan fingerprint density at radius 1 is 1.31 bits per heavy atom. The molecule has 0 saturated carbocycles. The second-order valence-corrected chi connectivity index (χ2v) is 2.78. The van der Waals surface area contributed by atoms with Crippen molar-refractivity contribution in [3.05, 3.63) is 41.5 Å². The monoisotopic (exact) mass is 183 g/mol. The molecular formula is C10H11F2N. The van der Waals surface area contributed by atoms with Gasteiger partial charge in [-0.2, -0.15) is 0 Å². The van der Waals surface area contributed by atoms with Crippen LogP contribution in [0.25, 0.3) is 5.57 Å². The molecule has 1 nitrogen and oxygen atoms in total. The van der Waals surface area contributed by atoms with E-state index in [1.165, 1.54) is 12.1 Å². The van der Waals surface area contributed by atoms with E-state index in [4.69, 9.17) is 5.73 Å². The van der Waals surface area contributed by atoms with Crippen LogP contribution in [-0.4, -0.2) is 6.54 Å². The minimum absolute atomic E-state index is 0.365. The van der Waals surface area contributed by atoms with Crippen LogP contribution < -0.4 is 5.73 Å². The Morgan fingerprint density at radius 3 is 2.31 bits per heavy atom. The molecule has 0 aliphatic rings. The summed E-state index contributed by atoms with van der Waals surface area (Å²) in [6.07, 6.45) is 1.72. The van der Waals surface area contributed by atoms with Crippen LogP contribution in [0.2, 0.25) is 0 Å². The second kappa shape index (κ2) is 4.14. The molecule has 0 aliphatic heterocycles. The zero-order valence-corrected chi connectivity index (χ0v) is 7.35. The fraction of sp³-hybridized carbons (Fsp3) is 0.200. The lowest BCUT2D eigenvalue weighted by atomic mass is 10.1. The fourth-order valence-electron chi connectivity index (χ4n) is 1.08. The maximum absolute atomic E-state index is 12.7. The van der Waals surface area contributed by atoms with Crippen LogP contribution in [0.4, 0.5) is 8.78 Å². The quantitative estimate of drug-likeness (QED) is 0.748. The van der Waals surface area contributed by atoms with E-state index in [2.05, 4.69) is 0 Å². The standard InChI is InChI=1S/C10H11F2N/c1-7(2-3-13)8-4-9(11)6-10(12)5-8/h2,4-6H,3,13H2,1H3.